The van der Waals surface area contributed by atoms with Gasteiger partial charge in [-0.15, -0.1) is 0 Å². The standard InChI is InChI=1S/C16H24N2O3/c1-10-8-18(9-11(2)21-10)14-7-12(15(19)20)6-13(17-14)16(3,4)5/h6-7,10-11H,8-9H2,1-5H3,(H,19,20). The summed E-state index contributed by atoms with van der Waals surface area (Å²) in [7, 11) is 0. The summed E-state index contributed by atoms with van der Waals surface area (Å²) in [5.74, 6) is -0.194. The first kappa shape index (κ1) is 15.8. The molecule has 0 saturated carbocycles. The first-order valence-electron chi connectivity index (χ1n) is 7.33. The normalized spacial score (nSPS) is 23.2. The molecule has 2 unspecified atom stereocenters. The van der Waals surface area contributed by atoms with E-state index in [-0.39, 0.29) is 23.2 Å². The summed E-state index contributed by atoms with van der Waals surface area (Å²) in [5.41, 5.74) is 0.893. The zero-order chi connectivity index (χ0) is 15.8. The van der Waals surface area contributed by atoms with E-state index in [2.05, 4.69) is 9.88 Å². The number of morpholine rings is 1. The lowest BCUT2D eigenvalue weighted by Gasteiger charge is -2.36. The maximum absolute atomic E-state index is 11.4. The second kappa shape index (κ2) is 5.64. The van der Waals surface area contributed by atoms with Gasteiger partial charge in [0.25, 0.3) is 0 Å². The van der Waals surface area contributed by atoms with E-state index in [1.165, 1.54) is 0 Å². The quantitative estimate of drug-likeness (QED) is 0.908. The topological polar surface area (TPSA) is 62.7 Å². The van der Waals surface area contributed by atoms with E-state index in [0.717, 1.165) is 24.6 Å². The summed E-state index contributed by atoms with van der Waals surface area (Å²) >= 11 is 0. The summed E-state index contributed by atoms with van der Waals surface area (Å²) in [6, 6.07) is 3.32. The van der Waals surface area contributed by atoms with Gasteiger partial charge in [-0.05, 0) is 26.0 Å². The highest BCUT2D eigenvalue weighted by atomic mass is 16.5. The molecule has 2 atom stereocenters. The molecule has 1 saturated heterocycles. The number of hydrogen-bond donors (Lipinski definition) is 1. The molecule has 0 aliphatic carbocycles. The van der Waals surface area contributed by atoms with Crippen molar-refractivity contribution in [3.05, 3.63) is 23.4 Å². The Hall–Kier alpha value is -1.62. The van der Waals surface area contributed by atoms with Crippen LogP contribution >= 0.6 is 0 Å². The number of aromatic carboxylic acids is 1. The number of rotatable bonds is 2. The Labute approximate surface area is 125 Å². The minimum absolute atomic E-state index is 0.113. The van der Waals surface area contributed by atoms with Gasteiger partial charge in [0.2, 0.25) is 0 Å². The van der Waals surface area contributed by atoms with Gasteiger partial charge >= 0.3 is 5.97 Å². The fourth-order valence-electron chi connectivity index (χ4n) is 2.55. The summed E-state index contributed by atoms with van der Waals surface area (Å²) in [4.78, 5) is 18.2. The van der Waals surface area contributed by atoms with Crippen LogP contribution in [0.1, 0.15) is 50.7 Å². The minimum Gasteiger partial charge on any atom is -0.478 e. The second-order valence-electron chi connectivity index (χ2n) is 6.82. The monoisotopic (exact) mass is 292 g/mol. The number of ether oxygens (including phenoxy) is 1. The number of carboxylic acids is 1. The lowest BCUT2D eigenvalue weighted by Crippen LogP contribution is -2.46. The molecule has 116 valence electrons. The van der Waals surface area contributed by atoms with Gasteiger partial charge in [0.1, 0.15) is 5.82 Å². The summed E-state index contributed by atoms with van der Waals surface area (Å²) in [5, 5.41) is 9.33. The van der Waals surface area contributed by atoms with Crippen molar-refractivity contribution in [1.29, 1.82) is 0 Å². The van der Waals surface area contributed by atoms with E-state index in [4.69, 9.17) is 4.74 Å². The number of pyridine rings is 1. The number of carbonyl (C=O) groups is 1. The zero-order valence-electron chi connectivity index (χ0n) is 13.4. The van der Waals surface area contributed by atoms with Crippen molar-refractivity contribution >= 4 is 11.8 Å². The van der Waals surface area contributed by atoms with Crippen molar-refractivity contribution in [2.24, 2.45) is 0 Å². The molecule has 1 N–H and O–H groups in total. The van der Waals surface area contributed by atoms with Crippen molar-refractivity contribution in [2.45, 2.75) is 52.2 Å². The van der Waals surface area contributed by atoms with Gasteiger partial charge in [-0.1, -0.05) is 20.8 Å². The zero-order valence-corrected chi connectivity index (χ0v) is 13.4. The Bertz CT molecular complexity index is 527. The fourth-order valence-corrected chi connectivity index (χ4v) is 2.55. The first-order valence-corrected chi connectivity index (χ1v) is 7.33. The van der Waals surface area contributed by atoms with Crippen molar-refractivity contribution in [1.82, 2.24) is 4.98 Å². The van der Waals surface area contributed by atoms with E-state index in [9.17, 15) is 9.90 Å². The Balaban J connectivity index is 2.42. The van der Waals surface area contributed by atoms with E-state index >= 15 is 0 Å². The van der Waals surface area contributed by atoms with E-state index in [1.807, 2.05) is 34.6 Å². The maximum atomic E-state index is 11.4. The van der Waals surface area contributed by atoms with Gasteiger partial charge in [-0.2, -0.15) is 0 Å². The van der Waals surface area contributed by atoms with Crippen molar-refractivity contribution in [3.63, 3.8) is 0 Å². The predicted octanol–water partition coefficient (Wildman–Crippen LogP) is 2.69. The van der Waals surface area contributed by atoms with E-state index in [1.54, 1.807) is 12.1 Å². The molecule has 0 aromatic carbocycles. The lowest BCUT2D eigenvalue weighted by atomic mass is 9.90. The Morgan fingerprint density at radius 2 is 1.86 bits per heavy atom. The lowest BCUT2D eigenvalue weighted by molar-refractivity contribution is -0.00547. The molecule has 0 amide bonds. The van der Waals surface area contributed by atoms with Gasteiger partial charge < -0.3 is 14.7 Å². The molecule has 1 aromatic rings. The fraction of sp³-hybridized carbons (Fsp3) is 0.625. The van der Waals surface area contributed by atoms with Crippen LogP contribution in [0.3, 0.4) is 0 Å². The van der Waals surface area contributed by atoms with Crippen LogP contribution in [0.2, 0.25) is 0 Å². The summed E-state index contributed by atoms with van der Waals surface area (Å²) in [6.07, 6.45) is 0.226. The Kier molecular flexibility index (Phi) is 4.23. The van der Waals surface area contributed by atoms with Gasteiger partial charge in [0, 0.05) is 24.2 Å². The molecule has 2 heterocycles. The second-order valence-corrected chi connectivity index (χ2v) is 6.82. The van der Waals surface area contributed by atoms with Gasteiger partial charge in [-0.3, -0.25) is 0 Å². The molecule has 1 aromatic heterocycles. The van der Waals surface area contributed by atoms with E-state index < -0.39 is 5.97 Å². The average Bonchev–Trinajstić information content (AvgIpc) is 2.36. The third-order valence-electron chi connectivity index (χ3n) is 3.57. The first-order chi connectivity index (χ1) is 9.66. The SMILES string of the molecule is CC1CN(c2cc(C(=O)O)cc(C(C)(C)C)n2)CC(C)O1. The van der Waals surface area contributed by atoms with Crippen LogP contribution < -0.4 is 4.90 Å². The minimum atomic E-state index is -0.918. The molecule has 5 heteroatoms. The van der Waals surface area contributed by atoms with Gasteiger partial charge in [-0.25, -0.2) is 9.78 Å². The molecule has 0 spiro atoms. The third kappa shape index (κ3) is 3.73. The Morgan fingerprint density at radius 3 is 2.33 bits per heavy atom. The van der Waals surface area contributed by atoms with Crippen LogP contribution in [-0.2, 0) is 10.2 Å². The van der Waals surface area contributed by atoms with Crippen molar-refractivity contribution in [3.8, 4) is 0 Å². The number of carboxylic acid groups (broad SMARTS) is 1. The van der Waals surface area contributed by atoms with Crippen LogP contribution in [0.15, 0.2) is 12.1 Å². The smallest absolute Gasteiger partial charge is 0.335 e. The molecule has 2 rings (SSSR count). The van der Waals surface area contributed by atoms with Crippen LogP contribution in [0.25, 0.3) is 0 Å². The molecule has 0 radical (unpaired) electrons. The highest BCUT2D eigenvalue weighted by molar-refractivity contribution is 5.88. The maximum Gasteiger partial charge on any atom is 0.335 e. The van der Waals surface area contributed by atoms with Crippen molar-refractivity contribution < 1.29 is 14.6 Å². The average molecular weight is 292 g/mol. The number of anilines is 1. The molecule has 1 aliphatic rings. The van der Waals surface area contributed by atoms with Crippen molar-refractivity contribution in [2.75, 3.05) is 18.0 Å². The van der Waals surface area contributed by atoms with E-state index in [0.29, 0.717) is 0 Å². The number of nitrogens with zero attached hydrogens (tertiary/aromatic N) is 2. The number of aromatic nitrogens is 1. The van der Waals surface area contributed by atoms with Crippen LogP contribution in [0.4, 0.5) is 5.82 Å². The summed E-state index contributed by atoms with van der Waals surface area (Å²) in [6.45, 7) is 11.6. The molecule has 0 bridgehead atoms. The molecule has 1 fully saturated rings. The van der Waals surface area contributed by atoms with Gasteiger partial charge in [0.15, 0.2) is 0 Å². The van der Waals surface area contributed by atoms with Crippen LogP contribution in [0.5, 0.6) is 0 Å². The largest absolute Gasteiger partial charge is 0.478 e. The highest BCUT2D eigenvalue weighted by Gasteiger charge is 2.26. The highest BCUT2D eigenvalue weighted by Crippen LogP contribution is 2.26. The Morgan fingerprint density at radius 1 is 1.29 bits per heavy atom. The molecule has 21 heavy (non-hydrogen) atoms. The van der Waals surface area contributed by atoms with Gasteiger partial charge in [0.05, 0.1) is 17.8 Å². The third-order valence-corrected chi connectivity index (χ3v) is 3.57. The number of hydrogen-bond acceptors (Lipinski definition) is 4. The molecular formula is C16H24N2O3. The molecule has 1 aliphatic heterocycles. The van der Waals surface area contributed by atoms with Crippen LogP contribution in [-0.4, -0.2) is 41.4 Å². The molecule has 5 nitrogen and oxygen atoms in total. The van der Waals surface area contributed by atoms with Crippen LogP contribution in [0, 0.1) is 0 Å². The predicted molar refractivity (Wildman–Crippen MR) is 82.1 cm³/mol. The summed E-state index contributed by atoms with van der Waals surface area (Å²) < 4.78 is 5.73. The molecular weight excluding hydrogens is 268 g/mol.